The lowest BCUT2D eigenvalue weighted by Gasteiger charge is -2.30. The first-order valence-corrected chi connectivity index (χ1v) is 13.2. The number of carbonyl (C=O) groups is 1. The molecule has 1 aliphatic carbocycles. The van der Waals surface area contributed by atoms with Crippen molar-refractivity contribution >= 4 is 88.3 Å². The van der Waals surface area contributed by atoms with Gasteiger partial charge >= 0.3 is 0 Å². The summed E-state index contributed by atoms with van der Waals surface area (Å²) in [6.07, 6.45) is 10.5. The Bertz CT molecular complexity index is 1620. The minimum absolute atomic E-state index is 0. The summed E-state index contributed by atoms with van der Waals surface area (Å²) in [7, 11) is 0. The summed E-state index contributed by atoms with van der Waals surface area (Å²) in [6, 6.07) is 10.1. The Balaban J connectivity index is 0.00000129. The van der Waals surface area contributed by atoms with Gasteiger partial charge in [0.05, 0.1) is 34.0 Å². The largest absolute Gasteiger partial charge is 0.368 e. The van der Waals surface area contributed by atoms with Crippen LogP contribution in [0, 0.1) is 0 Å². The summed E-state index contributed by atoms with van der Waals surface area (Å²) < 4.78 is 2.21. The number of anilines is 4. The van der Waals surface area contributed by atoms with Gasteiger partial charge in [-0.25, -0.2) is 9.97 Å². The van der Waals surface area contributed by atoms with E-state index in [-0.39, 0.29) is 43.1 Å². The number of fused-ring (bicyclic) bond motifs is 2. The van der Waals surface area contributed by atoms with Gasteiger partial charge < -0.3 is 25.1 Å². The molecule has 1 saturated heterocycles. The molecule has 0 spiro atoms. The number of nitrogens with zero attached hydrogens (tertiary/aromatic N) is 5. The SMILES string of the molecule is Cl.Cl.Cl.O=C(Nc1ccc2cn[nH]c2c1)c1cc2[nH]c(Nc3nccn3C3CCCC3)nc2cc1N1CCNCC1. The van der Waals surface area contributed by atoms with Gasteiger partial charge in [-0.2, -0.15) is 5.10 Å². The second kappa shape index (κ2) is 13.0. The molecule has 1 amide bonds. The minimum Gasteiger partial charge on any atom is -0.368 e. The summed E-state index contributed by atoms with van der Waals surface area (Å²) in [5.41, 5.74) is 4.66. The molecule has 0 bridgehead atoms. The molecule has 0 radical (unpaired) electrons. The van der Waals surface area contributed by atoms with E-state index in [0.29, 0.717) is 23.2 Å². The lowest BCUT2D eigenvalue weighted by Crippen LogP contribution is -2.44. The van der Waals surface area contributed by atoms with Gasteiger partial charge in [-0.05, 0) is 43.2 Å². The molecule has 2 aliphatic rings. The van der Waals surface area contributed by atoms with Gasteiger partial charge in [-0.1, -0.05) is 12.8 Å². The number of H-pyrrole nitrogens is 2. The van der Waals surface area contributed by atoms with Crippen molar-refractivity contribution in [1.82, 2.24) is 35.0 Å². The van der Waals surface area contributed by atoms with Gasteiger partial charge in [0.1, 0.15) is 0 Å². The molecule has 218 valence electrons. The van der Waals surface area contributed by atoms with E-state index in [1.165, 1.54) is 25.7 Å². The highest BCUT2D eigenvalue weighted by Crippen LogP contribution is 2.33. The van der Waals surface area contributed by atoms with Crippen molar-refractivity contribution in [2.45, 2.75) is 31.7 Å². The van der Waals surface area contributed by atoms with Crippen LogP contribution in [0.4, 0.5) is 23.3 Å². The molecule has 2 aromatic carbocycles. The van der Waals surface area contributed by atoms with E-state index in [1.807, 2.05) is 42.7 Å². The fraction of sp³-hybridized carbons (Fsp3) is 0.333. The summed E-state index contributed by atoms with van der Waals surface area (Å²) in [5.74, 6) is 1.23. The number of aromatic nitrogens is 6. The van der Waals surface area contributed by atoms with Crippen LogP contribution in [0.5, 0.6) is 0 Å². The number of benzene rings is 2. The Morgan fingerprint density at radius 1 is 1.00 bits per heavy atom. The lowest BCUT2D eigenvalue weighted by atomic mass is 10.1. The first kappa shape index (κ1) is 30.4. The Morgan fingerprint density at radius 3 is 2.61 bits per heavy atom. The van der Waals surface area contributed by atoms with Crippen molar-refractivity contribution < 1.29 is 4.79 Å². The Hall–Kier alpha value is -3.51. The third-order valence-corrected chi connectivity index (χ3v) is 7.62. The van der Waals surface area contributed by atoms with Gasteiger partial charge in [-0.15, -0.1) is 37.2 Å². The summed E-state index contributed by atoms with van der Waals surface area (Å²) in [5, 5.41) is 17.9. The molecule has 41 heavy (non-hydrogen) atoms. The van der Waals surface area contributed by atoms with Crippen molar-refractivity contribution in [2.24, 2.45) is 0 Å². The molecule has 5 N–H and O–H groups in total. The van der Waals surface area contributed by atoms with Crippen molar-refractivity contribution in [3.63, 3.8) is 0 Å². The second-order valence-electron chi connectivity index (χ2n) is 10.1. The number of carbonyl (C=O) groups excluding carboxylic acids is 1. The highest BCUT2D eigenvalue weighted by molar-refractivity contribution is 6.11. The van der Waals surface area contributed by atoms with E-state index < -0.39 is 0 Å². The molecule has 4 heterocycles. The zero-order chi connectivity index (χ0) is 25.5. The zero-order valence-corrected chi connectivity index (χ0v) is 24.7. The number of hydrogen-bond acceptors (Lipinski definition) is 7. The van der Waals surface area contributed by atoms with E-state index in [4.69, 9.17) is 4.98 Å². The molecule has 5 aromatic rings. The zero-order valence-electron chi connectivity index (χ0n) is 22.2. The van der Waals surface area contributed by atoms with Crippen molar-refractivity contribution in [2.75, 3.05) is 41.7 Å². The maximum Gasteiger partial charge on any atom is 0.257 e. The molecule has 0 unspecified atom stereocenters. The average Bonchev–Trinajstić information content (AvgIpc) is 3.75. The predicted octanol–water partition coefficient (Wildman–Crippen LogP) is 5.42. The van der Waals surface area contributed by atoms with Crippen LogP contribution in [0.2, 0.25) is 0 Å². The van der Waals surface area contributed by atoms with Gasteiger partial charge in [0.2, 0.25) is 11.9 Å². The lowest BCUT2D eigenvalue weighted by molar-refractivity contribution is 0.102. The fourth-order valence-corrected chi connectivity index (χ4v) is 5.66. The Kier molecular flexibility index (Phi) is 9.64. The monoisotopic (exact) mass is 618 g/mol. The number of halogens is 3. The van der Waals surface area contributed by atoms with E-state index >= 15 is 0 Å². The summed E-state index contributed by atoms with van der Waals surface area (Å²) in [4.78, 5) is 28.6. The van der Waals surface area contributed by atoms with Crippen LogP contribution in [0.3, 0.4) is 0 Å². The van der Waals surface area contributed by atoms with Gasteiger partial charge in [0.15, 0.2) is 0 Å². The third-order valence-electron chi connectivity index (χ3n) is 7.62. The first-order chi connectivity index (χ1) is 18.7. The van der Waals surface area contributed by atoms with E-state index in [0.717, 1.165) is 59.8 Å². The highest BCUT2D eigenvalue weighted by Gasteiger charge is 2.23. The molecule has 0 atom stereocenters. The number of rotatable bonds is 6. The van der Waals surface area contributed by atoms with Crippen LogP contribution in [-0.4, -0.2) is 61.8 Å². The van der Waals surface area contributed by atoms with Crippen LogP contribution in [0.25, 0.3) is 21.9 Å². The van der Waals surface area contributed by atoms with Crippen LogP contribution in [0.15, 0.2) is 48.9 Å². The molecule has 1 saturated carbocycles. The number of nitrogens with one attached hydrogen (secondary N) is 5. The van der Waals surface area contributed by atoms with Gasteiger partial charge in [-0.3, -0.25) is 15.2 Å². The Labute approximate surface area is 255 Å². The number of amides is 1. The number of piperazine rings is 1. The van der Waals surface area contributed by atoms with Crippen LogP contribution in [-0.2, 0) is 0 Å². The average molecular weight is 620 g/mol. The van der Waals surface area contributed by atoms with E-state index in [2.05, 4.69) is 45.6 Å². The van der Waals surface area contributed by atoms with Crippen molar-refractivity contribution in [1.29, 1.82) is 0 Å². The Morgan fingerprint density at radius 2 is 1.80 bits per heavy atom. The van der Waals surface area contributed by atoms with Crippen molar-refractivity contribution in [3.05, 3.63) is 54.5 Å². The quantitative estimate of drug-likeness (QED) is 0.171. The smallest absolute Gasteiger partial charge is 0.257 e. The number of imidazole rings is 2. The summed E-state index contributed by atoms with van der Waals surface area (Å²) in [6.45, 7) is 3.38. The normalized spacial score (nSPS) is 15.3. The van der Waals surface area contributed by atoms with Crippen LogP contribution in [0.1, 0.15) is 42.1 Å². The van der Waals surface area contributed by atoms with Gasteiger partial charge in [0, 0.05) is 55.7 Å². The third kappa shape index (κ3) is 6.08. The molecule has 2 fully saturated rings. The maximum atomic E-state index is 13.6. The minimum atomic E-state index is -0.166. The molecule has 7 rings (SSSR count). The second-order valence-corrected chi connectivity index (χ2v) is 10.1. The fourth-order valence-electron chi connectivity index (χ4n) is 5.66. The number of hydrogen-bond donors (Lipinski definition) is 5. The topological polar surface area (TPSA) is 132 Å². The van der Waals surface area contributed by atoms with E-state index in [9.17, 15) is 4.79 Å². The van der Waals surface area contributed by atoms with E-state index in [1.54, 1.807) is 6.20 Å². The predicted molar refractivity (Wildman–Crippen MR) is 170 cm³/mol. The molecular formula is C27H33Cl3N10O. The summed E-state index contributed by atoms with van der Waals surface area (Å²) >= 11 is 0. The molecule has 1 aliphatic heterocycles. The first-order valence-electron chi connectivity index (χ1n) is 13.2. The highest BCUT2D eigenvalue weighted by atomic mass is 35.5. The molecular weight excluding hydrogens is 587 g/mol. The standard InChI is InChI=1S/C27H30N10O.3ClH/c38-25(31-18-6-5-17-16-30-35-21(17)13-18)20-14-22-23(15-24(20)36-10-7-28-8-11-36)33-26(32-22)34-27-29-9-12-37(27)19-3-1-2-4-19;;;/h5-6,9,12-16,19,28H,1-4,7-8,10-11H2,(H,30,35)(H,31,38)(H2,29,32,33,34);3*1H. The van der Waals surface area contributed by atoms with Crippen LogP contribution < -0.4 is 20.9 Å². The van der Waals surface area contributed by atoms with Gasteiger partial charge in [0.25, 0.3) is 5.91 Å². The molecule has 14 heteroatoms. The number of aromatic amines is 2. The maximum absolute atomic E-state index is 13.6. The molecule has 3 aromatic heterocycles. The van der Waals surface area contributed by atoms with Crippen LogP contribution >= 0.6 is 37.2 Å². The molecule has 11 nitrogen and oxygen atoms in total. The van der Waals surface area contributed by atoms with Crippen molar-refractivity contribution in [3.8, 4) is 0 Å².